The third-order valence-electron chi connectivity index (χ3n) is 30.8. The van der Waals surface area contributed by atoms with Crippen LogP contribution in [0.25, 0.3) is 55.6 Å². The first-order valence-corrected chi connectivity index (χ1v) is 60.9. The number of para-hydroxylation sites is 1. The minimum Gasteiger partial charge on any atom is -0.496 e. The van der Waals surface area contributed by atoms with Gasteiger partial charge in [0, 0.05) is 46.4 Å². The molecule has 137 heavy (non-hydrogen) atoms. The first kappa shape index (κ1) is 111. The van der Waals surface area contributed by atoms with Crippen LogP contribution in [0.1, 0.15) is 372 Å². The van der Waals surface area contributed by atoms with Crippen molar-refractivity contribution in [3.63, 3.8) is 0 Å². The average Bonchev–Trinajstić information content (AvgIpc) is 0.747. The molecule has 18 rings (SSSR count). The van der Waals surface area contributed by atoms with Crippen molar-refractivity contribution in [2.75, 3.05) is 33.2 Å². The molecule has 8 fully saturated rings. The summed E-state index contributed by atoms with van der Waals surface area (Å²) < 4.78 is 11.6. The van der Waals surface area contributed by atoms with E-state index in [1.165, 1.54) is 314 Å². The Balaban J connectivity index is 0.000000164. The zero-order chi connectivity index (χ0) is 95.6. The molecule has 0 saturated heterocycles. The molecule has 10 aromatic rings. The van der Waals surface area contributed by atoms with Crippen molar-refractivity contribution in [1.82, 2.24) is 0 Å². The van der Waals surface area contributed by atoms with E-state index in [4.69, 9.17) is 9.47 Å². The topological polar surface area (TPSA) is 21.7 Å². The number of hydrogen-bond donors (Lipinski definition) is 0. The Bertz CT molecular complexity index is 4790. The van der Waals surface area contributed by atoms with Crippen LogP contribution in [-0.2, 0) is 21.1 Å². The summed E-state index contributed by atoms with van der Waals surface area (Å²) in [6.07, 6.45) is 62.6. The van der Waals surface area contributed by atoms with Gasteiger partial charge in [0.25, 0.3) is 0 Å². The van der Waals surface area contributed by atoms with Crippen LogP contribution in [0.3, 0.4) is 0 Å². The maximum atomic E-state index is 5.80. The van der Waals surface area contributed by atoms with E-state index in [9.17, 15) is 0 Å². The quantitative estimate of drug-likeness (QED) is 0.0420. The molecule has 0 heterocycles. The second-order valence-electron chi connectivity index (χ2n) is 41.7. The maximum Gasteiger partial charge on any atom is 0.130 e. The molecule has 8 aliphatic rings. The van der Waals surface area contributed by atoms with Crippen molar-refractivity contribution >= 4 is 58.6 Å². The van der Waals surface area contributed by atoms with Gasteiger partial charge in [-0.05, 0) is 255 Å². The summed E-state index contributed by atoms with van der Waals surface area (Å²) in [5.74, 6) is 3.48. The molecule has 10 aromatic carbocycles. The summed E-state index contributed by atoms with van der Waals surface area (Å²) in [6, 6.07) is 90.6. The van der Waals surface area contributed by atoms with Gasteiger partial charge in [-0.15, -0.1) is 35.9 Å². The van der Waals surface area contributed by atoms with Crippen LogP contribution < -0.4 is 35.6 Å². The molecule has 0 aliphatic heterocycles. The van der Waals surface area contributed by atoms with Gasteiger partial charge in [-0.2, -0.15) is 12.8 Å². The molecular weight excluding hydrogens is 1910 g/mol. The Hall–Kier alpha value is -5.99. The number of rotatable bonds is 25. The third kappa shape index (κ3) is 32.3. The average molecular weight is 2090 g/mol. The first-order chi connectivity index (χ1) is 66.7. The molecule has 0 spiro atoms. The molecule has 0 unspecified atom stereocenters. The van der Waals surface area contributed by atoms with Crippen LogP contribution >= 0.6 is 31.7 Å². The largest absolute Gasteiger partial charge is 0.496 e. The van der Waals surface area contributed by atoms with Crippen LogP contribution in [0.5, 0.6) is 11.5 Å². The number of anilines is 1. The van der Waals surface area contributed by atoms with E-state index in [1.54, 1.807) is 57.7 Å². The second-order valence-corrected chi connectivity index (χ2v) is 52.8. The SMILES string of the molecule is CC(C)c1cc(C(C)C)c(-c2ccccc2P(C2CCCCC2)C2CCCCC2)c(C(C)C)c1.CN(C)c1ccccc1-c1ccccc1P(C1CCCCC1)C1CCCCC1.COc1cccc(OC)c1-c1ccccc1P(C1CCCCC1)C1CCCCC1.[CH2-]CCC.[CH2-]CCC.[Pt].[c-]1ccccc1-c1ccccc1.c1ccc(-c2ccccc2P(C2CCCCC2)C2CCCCC2)cc1. The Morgan fingerprint density at radius 1 is 0.299 bits per heavy atom. The summed E-state index contributed by atoms with van der Waals surface area (Å²) in [5.41, 5.74) is 27.3. The van der Waals surface area contributed by atoms with E-state index >= 15 is 0 Å². The molecule has 8 saturated carbocycles. The van der Waals surface area contributed by atoms with Crippen molar-refractivity contribution in [2.24, 2.45) is 0 Å². The van der Waals surface area contributed by atoms with Gasteiger partial charge < -0.3 is 28.2 Å². The number of ether oxygens (including phenoxy) is 2. The van der Waals surface area contributed by atoms with Crippen LogP contribution in [0, 0.1) is 19.9 Å². The van der Waals surface area contributed by atoms with Gasteiger partial charge >= 0.3 is 0 Å². The van der Waals surface area contributed by atoms with Crippen molar-refractivity contribution in [3.05, 3.63) is 273 Å². The van der Waals surface area contributed by atoms with Crippen LogP contribution in [-0.4, -0.2) is 73.6 Å². The molecule has 8 aliphatic carbocycles. The van der Waals surface area contributed by atoms with E-state index in [0.717, 1.165) is 80.7 Å². The number of methoxy groups -OCH3 is 2. The summed E-state index contributed by atoms with van der Waals surface area (Å²) >= 11 is 0. The fourth-order valence-corrected chi connectivity index (χ4v) is 39.4. The van der Waals surface area contributed by atoms with Crippen molar-refractivity contribution < 1.29 is 30.5 Å². The fourth-order valence-electron chi connectivity index (χ4n) is 23.6. The van der Waals surface area contributed by atoms with E-state index < -0.39 is 0 Å². The first-order valence-electron chi connectivity index (χ1n) is 55.0. The van der Waals surface area contributed by atoms with Crippen LogP contribution in [0.2, 0.25) is 0 Å². The summed E-state index contributed by atoms with van der Waals surface area (Å²) in [5, 5.41) is 6.74. The molecular formula is C129H178NO2P4Pt-3. The zero-order valence-electron chi connectivity index (χ0n) is 87.3. The Morgan fingerprint density at radius 2 is 0.569 bits per heavy atom. The Kier molecular flexibility index (Phi) is 49.8. The fraction of sp³-hybridized carbons (Fsp3) is 0.519. The van der Waals surface area contributed by atoms with Gasteiger partial charge in [0.2, 0.25) is 0 Å². The monoisotopic (exact) mass is 2090 g/mol. The molecule has 0 N–H and O–H groups in total. The second kappa shape index (κ2) is 61.2. The molecule has 0 aromatic heterocycles. The van der Waals surface area contributed by atoms with Gasteiger partial charge in [0.05, 0.1) is 19.8 Å². The predicted molar refractivity (Wildman–Crippen MR) is 610 cm³/mol. The number of hydrogen-bond acceptors (Lipinski definition) is 3. The molecule has 8 heteroatoms. The summed E-state index contributed by atoms with van der Waals surface area (Å²) in [4.78, 5) is 2.27. The van der Waals surface area contributed by atoms with Crippen molar-refractivity contribution in [2.45, 2.75) is 401 Å². The minimum atomic E-state index is -0.182. The molecule has 0 radical (unpaired) electrons. The van der Waals surface area contributed by atoms with Gasteiger partial charge in [-0.1, -0.05) is 454 Å². The smallest absolute Gasteiger partial charge is 0.130 e. The maximum absolute atomic E-state index is 5.80. The Labute approximate surface area is 856 Å². The number of nitrogens with zero attached hydrogens (tertiary/aromatic N) is 1. The zero-order valence-corrected chi connectivity index (χ0v) is 93.1. The van der Waals surface area contributed by atoms with Gasteiger partial charge in [0.1, 0.15) is 11.5 Å². The summed E-state index contributed by atoms with van der Waals surface area (Å²) in [7, 11) is 7.46. The minimum absolute atomic E-state index is 0. The van der Waals surface area contributed by atoms with Crippen molar-refractivity contribution in [1.29, 1.82) is 0 Å². The Morgan fingerprint density at radius 3 is 0.869 bits per heavy atom. The molecule has 0 bridgehead atoms. The molecule has 0 atom stereocenters. The molecule has 0 amide bonds. The normalized spacial score (nSPS) is 17.4. The van der Waals surface area contributed by atoms with Gasteiger partial charge in [0.15, 0.2) is 0 Å². The van der Waals surface area contributed by atoms with E-state index in [1.807, 2.05) is 42.5 Å². The van der Waals surface area contributed by atoms with E-state index in [0.29, 0.717) is 17.8 Å². The summed E-state index contributed by atoms with van der Waals surface area (Å²) in [6.45, 7) is 25.8. The molecule has 3 nitrogen and oxygen atoms in total. The predicted octanol–water partition coefficient (Wildman–Crippen LogP) is 38.4. The van der Waals surface area contributed by atoms with Crippen LogP contribution in [0.15, 0.2) is 237 Å². The van der Waals surface area contributed by atoms with Gasteiger partial charge in [-0.3, -0.25) is 0 Å². The van der Waals surface area contributed by atoms with E-state index in [-0.39, 0.29) is 52.8 Å². The molecule has 744 valence electrons. The number of benzene rings is 10. The van der Waals surface area contributed by atoms with Crippen molar-refractivity contribution in [3.8, 4) is 67.1 Å². The van der Waals surface area contributed by atoms with Crippen LogP contribution in [0.4, 0.5) is 5.69 Å². The van der Waals surface area contributed by atoms with E-state index in [2.05, 4.69) is 288 Å². The third-order valence-corrected chi connectivity index (χ3v) is 45.0. The van der Waals surface area contributed by atoms with Gasteiger partial charge in [-0.25, -0.2) is 0 Å². The number of unbranched alkanes of at least 4 members (excludes halogenated alkanes) is 2. The standard InChI is InChI=1S/C33H49P.C26H36NP.C26H35O2P.C24H31P.C12H9.2C4H9.Pt/c1-23(2)26-21-30(24(3)4)33(31(22-26)25(5)6)29-19-13-14-20-32(29)34(27-15-9-7-10-16-27)28-17-11-8-12-18-28;1-27(2)25-19-11-9-17-23(25)24-18-10-12-20-26(24)28(21-13-5-3-6-14-21)22-15-7-4-8-16-22;1-27-23-17-11-18-24(28-2)26(23)22-16-9-10-19-25(22)29(20-12-5-3-6-13-20)21-14-7-4-8-15-21;1-4-12-20(13-5-1)23-18-10-11-19-24(23)25(21-14-6-2-7-15-21)22-16-8-3-9-17-22;1-3-7-11(8-4-1)12-9-5-2-6-10-12;2*1-3-4-2;/h13-14,19-25,27-28H,7-12,15-18H2,1-6H3;9-12,17-22H,3-8,13-16H2,1-2H3;9-11,16-21H,3-8,12-15H2,1-2H3;1,4-5,10-13,18-19,21-22H,2-3,6-9,14-17H2;1-9H;2*1,3-4H2,2H3;/q;;;;3*-1;.